The number of rotatable bonds is 6. The Morgan fingerprint density at radius 1 is 1.41 bits per heavy atom. The fraction of sp³-hybridized carbons (Fsp3) is 0.455. The van der Waals surface area contributed by atoms with Crippen LogP contribution in [-0.4, -0.2) is 24.1 Å². The van der Waals surface area contributed by atoms with Crippen LogP contribution in [0.4, 0.5) is 0 Å². The molecule has 2 atom stereocenters. The predicted octanol–water partition coefficient (Wildman–Crippen LogP) is -2.05. The summed E-state index contributed by atoms with van der Waals surface area (Å²) in [6.45, 7) is 2.63. The SMILES string of the molecule is CC(C(NCCN)c1ccccc1)[N+](=O)[O-].[K+]. The molecule has 5 nitrogen and oxygen atoms in total. The zero-order chi connectivity index (χ0) is 12.0. The Labute approximate surface area is 144 Å². The van der Waals surface area contributed by atoms with Crippen molar-refractivity contribution in [2.75, 3.05) is 13.1 Å². The van der Waals surface area contributed by atoms with Crippen LogP contribution in [0.15, 0.2) is 30.3 Å². The summed E-state index contributed by atoms with van der Waals surface area (Å²) in [5, 5.41) is 13.9. The van der Waals surface area contributed by atoms with Crippen molar-refractivity contribution in [3.05, 3.63) is 46.0 Å². The molecule has 0 heterocycles. The first-order valence-corrected chi connectivity index (χ1v) is 5.28. The zero-order valence-corrected chi connectivity index (χ0v) is 13.4. The Kier molecular flexibility index (Phi) is 9.25. The molecule has 6 heteroatoms. The normalized spacial score (nSPS) is 13.5. The van der Waals surface area contributed by atoms with Crippen LogP contribution in [0.5, 0.6) is 0 Å². The fourth-order valence-corrected chi connectivity index (χ4v) is 1.59. The van der Waals surface area contributed by atoms with Gasteiger partial charge in [0.1, 0.15) is 6.04 Å². The van der Waals surface area contributed by atoms with E-state index >= 15 is 0 Å². The van der Waals surface area contributed by atoms with Gasteiger partial charge in [0.15, 0.2) is 0 Å². The van der Waals surface area contributed by atoms with Crippen molar-refractivity contribution >= 4 is 0 Å². The monoisotopic (exact) mass is 262 g/mol. The van der Waals surface area contributed by atoms with Gasteiger partial charge < -0.3 is 11.1 Å². The van der Waals surface area contributed by atoms with Crippen LogP contribution in [-0.2, 0) is 0 Å². The third-order valence-electron chi connectivity index (χ3n) is 2.48. The second kappa shape index (κ2) is 9.15. The molecular formula is C11H17KN3O2+. The third kappa shape index (κ3) is 5.56. The summed E-state index contributed by atoms with van der Waals surface area (Å²) in [5.41, 5.74) is 6.32. The van der Waals surface area contributed by atoms with E-state index in [0.717, 1.165) is 5.56 Å². The molecule has 0 fully saturated rings. The first-order chi connectivity index (χ1) is 7.66. The van der Waals surface area contributed by atoms with Crippen LogP contribution < -0.4 is 62.4 Å². The molecule has 1 rings (SSSR count). The van der Waals surface area contributed by atoms with Gasteiger partial charge in [-0.25, -0.2) is 0 Å². The van der Waals surface area contributed by atoms with Gasteiger partial charge in [0.05, 0.1) is 0 Å². The molecule has 0 saturated heterocycles. The molecule has 1 aromatic rings. The minimum Gasteiger partial charge on any atom is -0.329 e. The van der Waals surface area contributed by atoms with Gasteiger partial charge in [0.2, 0.25) is 6.04 Å². The average molecular weight is 262 g/mol. The van der Waals surface area contributed by atoms with Gasteiger partial charge in [-0.1, -0.05) is 30.3 Å². The maximum absolute atomic E-state index is 10.8. The second-order valence-corrected chi connectivity index (χ2v) is 3.66. The van der Waals surface area contributed by atoms with E-state index < -0.39 is 6.04 Å². The van der Waals surface area contributed by atoms with Crippen molar-refractivity contribution in [3.8, 4) is 0 Å². The van der Waals surface area contributed by atoms with Gasteiger partial charge in [0.25, 0.3) is 0 Å². The molecule has 17 heavy (non-hydrogen) atoms. The van der Waals surface area contributed by atoms with E-state index in [4.69, 9.17) is 5.73 Å². The van der Waals surface area contributed by atoms with Crippen LogP contribution >= 0.6 is 0 Å². The molecule has 0 radical (unpaired) electrons. The largest absolute Gasteiger partial charge is 1.00 e. The van der Waals surface area contributed by atoms with Crippen molar-refractivity contribution in [1.29, 1.82) is 0 Å². The molecule has 0 aromatic heterocycles. The van der Waals surface area contributed by atoms with Crippen LogP contribution in [0.3, 0.4) is 0 Å². The van der Waals surface area contributed by atoms with Crippen molar-refractivity contribution in [1.82, 2.24) is 5.32 Å². The number of hydrogen-bond acceptors (Lipinski definition) is 4. The number of hydrogen-bond donors (Lipinski definition) is 2. The van der Waals surface area contributed by atoms with Crippen molar-refractivity contribution < 1.29 is 56.3 Å². The second-order valence-electron chi connectivity index (χ2n) is 3.66. The number of nitrogens with one attached hydrogen (secondary N) is 1. The average Bonchev–Trinajstić information content (AvgIpc) is 2.30. The maximum atomic E-state index is 10.8. The van der Waals surface area contributed by atoms with Crippen LogP contribution in [0.1, 0.15) is 18.5 Å². The van der Waals surface area contributed by atoms with Crippen molar-refractivity contribution in [3.63, 3.8) is 0 Å². The summed E-state index contributed by atoms with van der Waals surface area (Å²) in [6, 6.07) is 8.44. The van der Waals surface area contributed by atoms with Gasteiger partial charge in [-0.3, -0.25) is 10.1 Å². The molecule has 0 aliphatic carbocycles. The Balaban J connectivity index is 0.00000256. The van der Waals surface area contributed by atoms with E-state index in [9.17, 15) is 10.1 Å². The summed E-state index contributed by atoms with van der Waals surface area (Å²) < 4.78 is 0. The third-order valence-corrected chi connectivity index (χ3v) is 2.48. The molecule has 0 amide bonds. The van der Waals surface area contributed by atoms with Crippen LogP contribution in [0.25, 0.3) is 0 Å². The Hall–Kier alpha value is 0.176. The first kappa shape index (κ1) is 17.2. The molecule has 0 saturated carbocycles. The Morgan fingerprint density at radius 2 is 2.00 bits per heavy atom. The fourth-order valence-electron chi connectivity index (χ4n) is 1.59. The molecule has 88 valence electrons. The number of benzene rings is 1. The van der Waals surface area contributed by atoms with E-state index in [1.165, 1.54) is 0 Å². The minimum absolute atomic E-state index is 0. The van der Waals surface area contributed by atoms with Gasteiger partial charge in [-0.15, -0.1) is 0 Å². The number of nitrogens with two attached hydrogens (primary N) is 1. The summed E-state index contributed by atoms with van der Waals surface area (Å²) in [6.07, 6.45) is 0. The van der Waals surface area contributed by atoms with E-state index in [0.29, 0.717) is 13.1 Å². The van der Waals surface area contributed by atoms with E-state index in [1.54, 1.807) is 6.92 Å². The van der Waals surface area contributed by atoms with Crippen molar-refractivity contribution in [2.24, 2.45) is 5.73 Å². The number of nitro groups is 1. The molecule has 0 aliphatic heterocycles. The molecule has 0 aliphatic rings. The molecular weight excluding hydrogens is 245 g/mol. The molecule has 2 unspecified atom stereocenters. The summed E-state index contributed by atoms with van der Waals surface area (Å²) >= 11 is 0. The molecule has 0 spiro atoms. The van der Waals surface area contributed by atoms with E-state index in [2.05, 4.69) is 5.32 Å². The summed E-state index contributed by atoms with van der Waals surface area (Å²) in [5.74, 6) is 0. The van der Waals surface area contributed by atoms with Crippen LogP contribution in [0.2, 0.25) is 0 Å². The van der Waals surface area contributed by atoms with Gasteiger partial charge in [0, 0.05) is 24.9 Å². The quantitative estimate of drug-likeness (QED) is 0.351. The maximum Gasteiger partial charge on any atom is 1.00 e. The minimum atomic E-state index is -0.672. The first-order valence-electron chi connectivity index (χ1n) is 5.28. The molecule has 3 N–H and O–H groups in total. The zero-order valence-electron chi connectivity index (χ0n) is 10.3. The molecule has 0 bridgehead atoms. The predicted molar refractivity (Wildman–Crippen MR) is 62.7 cm³/mol. The topological polar surface area (TPSA) is 81.2 Å². The van der Waals surface area contributed by atoms with E-state index in [1.807, 2.05) is 30.3 Å². The Morgan fingerprint density at radius 3 is 2.47 bits per heavy atom. The summed E-state index contributed by atoms with van der Waals surface area (Å²) in [7, 11) is 0. The van der Waals surface area contributed by atoms with Gasteiger partial charge >= 0.3 is 51.4 Å². The smallest absolute Gasteiger partial charge is 0.329 e. The van der Waals surface area contributed by atoms with Gasteiger partial charge in [-0.05, 0) is 5.56 Å². The van der Waals surface area contributed by atoms with Gasteiger partial charge in [-0.2, -0.15) is 0 Å². The Bertz CT molecular complexity index is 335. The standard InChI is InChI=1S/C11H17N3O2.K/c1-9(14(15)16)11(13-8-7-12)10-5-3-2-4-6-10;/h2-6,9,11,13H,7-8,12H2,1H3;/q;+1. The van der Waals surface area contributed by atoms with Crippen molar-refractivity contribution in [2.45, 2.75) is 19.0 Å². The van der Waals surface area contributed by atoms with Crippen LogP contribution in [0, 0.1) is 10.1 Å². The number of nitrogens with zero attached hydrogens (tertiary/aromatic N) is 1. The molecule has 1 aromatic carbocycles. The van der Waals surface area contributed by atoms with E-state index in [-0.39, 0.29) is 62.3 Å². The summed E-state index contributed by atoms with van der Waals surface area (Å²) in [4.78, 5) is 10.5.